The van der Waals surface area contributed by atoms with Gasteiger partial charge >= 0.3 is 0 Å². The molecule has 9 heteroatoms. The second-order valence-corrected chi connectivity index (χ2v) is 10.5. The van der Waals surface area contributed by atoms with E-state index in [2.05, 4.69) is 35.4 Å². The first kappa shape index (κ1) is 22.0. The quantitative estimate of drug-likeness (QED) is 0.622. The number of anilines is 2. The van der Waals surface area contributed by atoms with Gasteiger partial charge in [-0.05, 0) is 63.4 Å². The van der Waals surface area contributed by atoms with Gasteiger partial charge in [-0.15, -0.1) is 0 Å². The summed E-state index contributed by atoms with van der Waals surface area (Å²) < 4.78 is 27.8. The summed E-state index contributed by atoms with van der Waals surface area (Å²) in [7, 11) is -4.21. The Hall–Kier alpha value is -3.20. The first-order chi connectivity index (χ1) is 15.0. The van der Waals surface area contributed by atoms with Crippen molar-refractivity contribution in [1.29, 1.82) is 0 Å². The Bertz CT molecular complexity index is 1320. The van der Waals surface area contributed by atoms with Crippen LogP contribution in [0.5, 0.6) is 0 Å². The molecule has 8 nitrogen and oxygen atoms in total. The number of nitrogens with one attached hydrogen (secondary N) is 1. The Morgan fingerprint density at radius 2 is 1.94 bits per heavy atom. The van der Waals surface area contributed by atoms with Gasteiger partial charge in [-0.1, -0.05) is 24.6 Å². The Balaban J connectivity index is 1.82. The molecule has 1 amide bonds. The van der Waals surface area contributed by atoms with Crippen molar-refractivity contribution in [2.45, 2.75) is 44.7 Å². The average Bonchev–Trinajstić information content (AvgIpc) is 2.99. The van der Waals surface area contributed by atoms with Crippen LogP contribution in [0.1, 0.15) is 43.1 Å². The third kappa shape index (κ3) is 3.88. The van der Waals surface area contributed by atoms with Gasteiger partial charge in [0.05, 0.1) is 11.1 Å². The highest BCUT2D eigenvalue weighted by atomic mass is 32.2. The fraction of sp³-hybridized carbons (Fsp3) is 0.348. The molecule has 0 aliphatic carbocycles. The van der Waals surface area contributed by atoms with E-state index in [9.17, 15) is 13.2 Å². The van der Waals surface area contributed by atoms with E-state index in [4.69, 9.17) is 10.7 Å². The molecule has 0 radical (unpaired) electrons. The molecule has 3 heterocycles. The van der Waals surface area contributed by atoms with Gasteiger partial charge in [0.15, 0.2) is 5.03 Å². The summed E-state index contributed by atoms with van der Waals surface area (Å²) in [4.78, 5) is 24.0. The maximum atomic E-state index is 13.3. The van der Waals surface area contributed by atoms with Gasteiger partial charge in [0, 0.05) is 17.5 Å². The molecule has 1 fully saturated rings. The number of aromatic nitrogens is 2. The summed E-state index contributed by atoms with van der Waals surface area (Å²) in [6.07, 6.45) is 0.952. The summed E-state index contributed by atoms with van der Waals surface area (Å²) >= 11 is 0. The van der Waals surface area contributed by atoms with Crippen molar-refractivity contribution in [1.82, 2.24) is 14.7 Å². The lowest BCUT2D eigenvalue weighted by Crippen LogP contribution is -2.43. The number of benzene rings is 1. The highest BCUT2D eigenvalue weighted by molar-refractivity contribution is 7.90. The molecule has 1 unspecified atom stereocenters. The van der Waals surface area contributed by atoms with E-state index >= 15 is 0 Å². The van der Waals surface area contributed by atoms with Gasteiger partial charge in [0.1, 0.15) is 11.6 Å². The molecule has 2 aromatic heterocycles. The summed E-state index contributed by atoms with van der Waals surface area (Å²) in [6, 6.07) is 11.8. The minimum Gasteiger partial charge on any atom is -0.384 e. The second kappa shape index (κ2) is 7.74. The molecule has 4 rings (SSSR count). The monoisotopic (exact) mass is 453 g/mol. The Morgan fingerprint density at radius 3 is 2.59 bits per heavy atom. The average molecular weight is 454 g/mol. The lowest BCUT2D eigenvalue weighted by molar-refractivity contribution is 0.0981. The van der Waals surface area contributed by atoms with E-state index in [-0.39, 0.29) is 21.9 Å². The van der Waals surface area contributed by atoms with Gasteiger partial charge in [-0.2, -0.15) is 8.42 Å². The number of sulfonamides is 1. The standard InChI is InChI=1S/C23H27N5O3S/c1-14-8-9-18-16(12-14)13-17(21(25-18)28-11-10-15(2)23(28,3)4)22(29)27-32(30,31)20-7-5-6-19(24)26-20/h5-9,12-13,15H,10-11H2,1-4H3,(H2,24,26)(H,27,29). The van der Waals surface area contributed by atoms with Crippen LogP contribution < -0.4 is 15.4 Å². The van der Waals surface area contributed by atoms with Crippen LogP contribution >= 0.6 is 0 Å². The Labute approximate surface area is 187 Å². The minimum atomic E-state index is -4.21. The molecule has 3 N–H and O–H groups in total. The SMILES string of the molecule is Cc1ccc2nc(N3CCC(C)C3(C)C)c(C(=O)NS(=O)(=O)c3cccc(N)n3)cc2c1. The Kier molecular flexibility index (Phi) is 5.32. The zero-order valence-corrected chi connectivity index (χ0v) is 19.4. The second-order valence-electron chi connectivity index (χ2n) is 8.89. The van der Waals surface area contributed by atoms with Crippen molar-refractivity contribution in [3.05, 3.63) is 53.6 Å². The first-order valence-electron chi connectivity index (χ1n) is 10.5. The van der Waals surface area contributed by atoms with Crippen LogP contribution in [0.2, 0.25) is 0 Å². The molecular formula is C23H27N5O3S. The fourth-order valence-corrected chi connectivity index (χ4v) is 5.02. The van der Waals surface area contributed by atoms with Crippen LogP contribution in [0.15, 0.2) is 47.5 Å². The molecule has 1 aliphatic heterocycles. The minimum absolute atomic E-state index is 0.0525. The topological polar surface area (TPSA) is 118 Å². The van der Waals surface area contributed by atoms with Crippen LogP contribution in [-0.4, -0.2) is 36.4 Å². The van der Waals surface area contributed by atoms with E-state index in [1.54, 1.807) is 6.07 Å². The van der Waals surface area contributed by atoms with Gasteiger partial charge < -0.3 is 10.6 Å². The third-order valence-corrected chi connectivity index (χ3v) is 7.62. The predicted octanol–water partition coefficient (Wildman–Crippen LogP) is 3.26. The zero-order chi connectivity index (χ0) is 23.3. The van der Waals surface area contributed by atoms with Crippen LogP contribution in [0.25, 0.3) is 10.9 Å². The number of hydrogen-bond donors (Lipinski definition) is 2. The molecule has 1 aromatic carbocycles. The van der Waals surface area contributed by atoms with Crippen molar-refractivity contribution in [2.24, 2.45) is 5.92 Å². The van der Waals surface area contributed by atoms with E-state index in [1.165, 1.54) is 18.2 Å². The van der Waals surface area contributed by atoms with Crippen molar-refractivity contribution in [2.75, 3.05) is 17.2 Å². The molecule has 1 atom stereocenters. The maximum Gasteiger partial charge on any atom is 0.281 e. The first-order valence-corrected chi connectivity index (χ1v) is 12.0. The number of nitrogens with zero attached hydrogens (tertiary/aromatic N) is 3. The highest BCUT2D eigenvalue weighted by Gasteiger charge is 2.41. The lowest BCUT2D eigenvalue weighted by Gasteiger charge is -2.36. The van der Waals surface area contributed by atoms with Crippen LogP contribution in [0.3, 0.4) is 0 Å². The summed E-state index contributed by atoms with van der Waals surface area (Å²) in [5.41, 5.74) is 7.35. The van der Waals surface area contributed by atoms with E-state index in [0.717, 1.165) is 29.4 Å². The number of fused-ring (bicyclic) bond motifs is 1. The number of hydrogen-bond acceptors (Lipinski definition) is 7. The number of aryl methyl sites for hydroxylation is 1. The predicted molar refractivity (Wildman–Crippen MR) is 125 cm³/mol. The van der Waals surface area contributed by atoms with Gasteiger partial charge in [0.2, 0.25) is 0 Å². The zero-order valence-electron chi connectivity index (χ0n) is 18.6. The van der Waals surface area contributed by atoms with Crippen molar-refractivity contribution < 1.29 is 13.2 Å². The van der Waals surface area contributed by atoms with Gasteiger partial charge in [0.25, 0.3) is 15.9 Å². The highest BCUT2D eigenvalue weighted by Crippen LogP contribution is 2.39. The molecule has 0 spiro atoms. The normalized spacial score (nSPS) is 18.1. The number of carbonyl (C=O) groups excluding carboxylic acids is 1. The molecule has 32 heavy (non-hydrogen) atoms. The molecular weight excluding hydrogens is 426 g/mol. The molecule has 0 saturated carbocycles. The lowest BCUT2D eigenvalue weighted by atomic mass is 9.90. The smallest absolute Gasteiger partial charge is 0.281 e. The number of amides is 1. The molecule has 0 bridgehead atoms. The summed E-state index contributed by atoms with van der Waals surface area (Å²) in [6.45, 7) is 9.07. The number of rotatable bonds is 4. The fourth-order valence-electron chi connectivity index (χ4n) is 4.08. The van der Waals surface area contributed by atoms with Gasteiger partial charge in [-0.25, -0.2) is 14.7 Å². The number of nitrogens with two attached hydrogens (primary N) is 1. The Morgan fingerprint density at radius 1 is 1.19 bits per heavy atom. The maximum absolute atomic E-state index is 13.3. The van der Waals surface area contributed by atoms with Crippen LogP contribution in [0, 0.1) is 12.8 Å². The molecule has 1 saturated heterocycles. The molecule has 168 valence electrons. The molecule has 3 aromatic rings. The summed E-state index contributed by atoms with van der Waals surface area (Å²) in [5.74, 6) is 0.158. The molecule has 1 aliphatic rings. The number of nitrogen functional groups attached to an aromatic ring is 1. The largest absolute Gasteiger partial charge is 0.384 e. The van der Waals surface area contributed by atoms with Crippen molar-refractivity contribution >= 4 is 38.5 Å². The van der Waals surface area contributed by atoms with Crippen LogP contribution in [-0.2, 0) is 10.0 Å². The van der Waals surface area contributed by atoms with E-state index in [1.807, 2.05) is 25.1 Å². The van der Waals surface area contributed by atoms with Crippen molar-refractivity contribution in [3.63, 3.8) is 0 Å². The van der Waals surface area contributed by atoms with Crippen molar-refractivity contribution in [3.8, 4) is 0 Å². The number of carbonyl (C=O) groups is 1. The number of pyridine rings is 2. The van der Waals surface area contributed by atoms with Crippen LogP contribution in [0.4, 0.5) is 11.6 Å². The van der Waals surface area contributed by atoms with E-state index in [0.29, 0.717) is 11.7 Å². The summed E-state index contributed by atoms with van der Waals surface area (Å²) in [5, 5.41) is 0.454. The van der Waals surface area contributed by atoms with E-state index < -0.39 is 15.9 Å². The third-order valence-electron chi connectivity index (χ3n) is 6.39. The van der Waals surface area contributed by atoms with Gasteiger partial charge in [-0.3, -0.25) is 4.79 Å².